The van der Waals surface area contributed by atoms with Gasteiger partial charge in [-0.05, 0) is 0 Å². The molecule has 1 aliphatic rings. The molecule has 3 rings (SSSR count). The molecule has 2 aromatic rings. The molecule has 0 atom stereocenters. The molecule has 0 amide bonds. The summed E-state index contributed by atoms with van der Waals surface area (Å²) in [6, 6.07) is 17.4. The van der Waals surface area contributed by atoms with Crippen molar-refractivity contribution in [2.75, 3.05) is 0 Å². The third-order valence-electron chi connectivity index (χ3n) is 2.16. The summed E-state index contributed by atoms with van der Waals surface area (Å²) in [5.74, 6) is 0. The van der Waals surface area contributed by atoms with Gasteiger partial charge in [-0.25, -0.2) is 12.2 Å². The van der Waals surface area contributed by atoms with E-state index in [1.54, 1.807) is 0 Å². The van der Waals surface area contributed by atoms with E-state index in [1.807, 2.05) is 36.4 Å². The Morgan fingerprint density at radius 3 is 2.44 bits per heavy atom. The molecule has 1 aliphatic carbocycles. The molecule has 0 fully saturated rings. The first kappa shape index (κ1) is 12.8. The van der Waals surface area contributed by atoms with Crippen LogP contribution in [-0.4, -0.2) is 0 Å². The van der Waals surface area contributed by atoms with Gasteiger partial charge in [0.25, 0.3) is 0 Å². The van der Waals surface area contributed by atoms with Crippen LogP contribution < -0.4 is 0 Å². The zero-order valence-corrected chi connectivity index (χ0v) is 9.94. The molecular weight excluding hydrogens is 236 g/mol. The fourth-order valence-corrected chi connectivity index (χ4v) is 1.40. The zero-order chi connectivity index (χ0) is 10.3. The van der Waals surface area contributed by atoms with Crippen LogP contribution >= 0.6 is 0 Å². The summed E-state index contributed by atoms with van der Waals surface area (Å²) >= 11 is 0. The van der Waals surface area contributed by atoms with Crippen LogP contribution in [0.15, 0.2) is 60.7 Å². The number of hydrogen-bond donors (Lipinski definition) is 0. The van der Waals surface area contributed by atoms with E-state index in [-0.39, 0.29) is 17.1 Å². The van der Waals surface area contributed by atoms with Crippen LogP contribution in [0.5, 0.6) is 0 Å². The third-order valence-corrected chi connectivity index (χ3v) is 2.16. The van der Waals surface area contributed by atoms with Gasteiger partial charge < -0.3 is 0 Å². The van der Waals surface area contributed by atoms with Crippen molar-refractivity contribution >= 4 is 10.8 Å². The number of rotatable bonds is 0. The van der Waals surface area contributed by atoms with E-state index >= 15 is 0 Å². The van der Waals surface area contributed by atoms with Crippen LogP contribution in [0.25, 0.3) is 10.8 Å². The summed E-state index contributed by atoms with van der Waals surface area (Å²) in [4.78, 5) is 0. The Bertz CT molecular complexity index is 408. The van der Waals surface area contributed by atoms with E-state index < -0.39 is 0 Å². The molecule has 0 aliphatic heterocycles. The van der Waals surface area contributed by atoms with Crippen LogP contribution in [0.4, 0.5) is 0 Å². The number of benzene rings is 2. The molecule has 0 nitrogen and oxygen atoms in total. The van der Waals surface area contributed by atoms with Crippen LogP contribution in [0.3, 0.4) is 0 Å². The van der Waals surface area contributed by atoms with Crippen LogP contribution in [0.1, 0.15) is 6.42 Å². The van der Waals surface area contributed by atoms with Gasteiger partial charge in [0.1, 0.15) is 0 Å². The van der Waals surface area contributed by atoms with E-state index in [1.165, 1.54) is 10.8 Å². The fraction of sp³-hybridized carbons (Fsp3) is 0.0667. The maximum absolute atomic E-state index is 3.15. The fourth-order valence-electron chi connectivity index (χ4n) is 1.40. The normalized spacial score (nSPS) is 11.8. The molecule has 16 heavy (non-hydrogen) atoms. The van der Waals surface area contributed by atoms with Crippen LogP contribution in [0, 0.1) is 12.1 Å². The molecule has 0 aromatic heterocycles. The first-order valence-electron chi connectivity index (χ1n) is 5.04. The van der Waals surface area contributed by atoms with E-state index in [0.717, 1.165) is 6.42 Å². The Labute approximate surface area is 107 Å². The average molecular weight is 248 g/mol. The Morgan fingerprint density at radius 1 is 1.00 bits per heavy atom. The molecule has 2 aromatic carbocycles. The van der Waals surface area contributed by atoms with E-state index in [9.17, 15) is 0 Å². The van der Waals surface area contributed by atoms with Crippen molar-refractivity contribution in [1.82, 2.24) is 0 Å². The third kappa shape index (κ3) is 3.69. The number of fused-ring (bicyclic) bond motifs is 1. The van der Waals surface area contributed by atoms with Gasteiger partial charge in [-0.15, -0.1) is 53.6 Å². The van der Waals surface area contributed by atoms with Gasteiger partial charge in [0, 0.05) is 0 Å². The van der Waals surface area contributed by atoms with Crippen molar-refractivity contribution in [3.63, 3.8) is 0 Å². The molecule has 0 bridgehead atoms. The minimum absolute atomic E-state index is 0. The Kier molecular flexibility index (Phi) is 5.63. The van der Waals surface area contributed by atoms with Crippen molar-refractivity contribution in [1.29, 1.82) is 0 Å². The molecular formula is C15H12Fe. The quantitative estimate of drug-likeness (QED) is 0.489. The first-order valence-corrected chi connectivity index (χ1v) is 5.04. The standard InChI is InChI=1S/C10H7.C5H5.Fe/c1-2-6-10-8-4-3-7-9(10)5-1;1-2-4-5-3-1;/h1-7H;1-3H,4H2;/q2*-1;+2. The summed E-state index contributed by atoms with van der Waals surface area (Å²) in [5.41, 5.74) is 0. The van der Waals surface area contributed by atoms with Gasteiger partial charge in [0.15, 0.2) is 0 Å². The Hall–Kier alpha value is -1.30. The maximum Gasteiger partial charge on any atom is 2.00 e. The average Bonchev–Trinajstić information content (AvgIpc) is 2.88. The van der Waals surface area contributed by atoms with Crippen molar-refractivity contribution in [3.05, 3.63) is 72.8 Å². The van der Waals surface area contributed by atoms with Crippen molar-refractivity contribution in [3.8, 4) is 0 Å². The largest absolute Gasteiger partial charge is 2.00 e. The molecule has 0 spiro atoms. The molecule has 0 radical (unpaired) electrons. The predicted octanol–water partition coefficient (Wildman–Crippen LogP) is 3.94. The predicted molar refractivity (Wildman–Crippen MR) is 64.4 cm³/mol. The van der Waals surface area contributed by atoms with Gasteiger partial charge in [-0.1, -0.05) is 12.1 Å². The summed E-state index contributed by atoms with van der Waals surface area (Å²) in [7, 11) is 0. The minimum Gasteiger partial charge on any atom is -0.273 e. The van der Waals surface area contributed by atoms with E-state index in [0.29, 0.717) is 0 Å². The molecule has 0 N–H and O–H groups in total. The minimum atomic E-state index is 0. The molecule has 80 valence electrons. The van der Waals surface area contributed by atoms with Gasteiger partial charge in [0.05, 0.1) is 0 Å². The number of allylic oxidation sites excluding steroid dienone is 4. The second-order valence-corrected chi connectivity index (χ2v) is 3.26. The van der Waals surface area contributed by atoms with Crippen molar-refractivity contribution < 1.29 is 17.1 Å². The van der Waals surface area contributed by atoms with Gasteiger partial charge >= 0.3 is 17.1 Å². The smallest absolute Gasteiger partial charge is 0.273 e. The maximum atomic E-state index is 3.15. The molecule has 0 saturated heterocycles. The summed E-state index contributed by atoms with van der Waals surface area (Å²) in [5, 5.41) is 2.44. The van der Waals surface area contributed by atoms with Gasteiger partial charge in [-0.3, -0.25) is 6.08 Å². The summed E-state index contributed by atoms with van der Waals surface area (Å²) in [6.07, 6.45) is 10.0. The Balaban J connectivity index is 0.000000183. The van der Waals surface area contributed by atoms with E-state index in [4.69, 9.17) is 0 Å². The zero-order valence-electron chi connectivity index (χ0n) is 8.83. The van der Waals surface area contributed by atoms with Crippen molar-refractivity contribution in [2.24, 2.45) is 0 Å². The Morgan fingerprint density at radius 2 is 1.81 bits per heavy atom. The first-order chi connectivity index (χ1) is 7.47. The molecule has 1 heteroatoms. The van der Waals surface area contributed by atoms with Gasteiger partial charge in [0.2, 0.25) is 0 Å². The summed E-state index contributed by atoms with van der Waals surface area (Å²) < 4.78 is 0. The SMILES string of the molecule is [C-]1=CC=CC1.[Fe+2].[c-]1cccc2ccccc12. The monoisotopic (exact) mass is 248 g/mol. The topological polar surface area (TPSA) is 0 Å². The van der Waals surface area contributed by atoms with Crippen LogP contribution in [0.2, 0.25) is 0 Å². The second-order valence-electron chi connectivity index (χ2n) is 3.26. The van der Waals surface area contributed by atoms with Gasteiger partial charge in [-0.2, -0.15) is 6.08 Å². The van der Waals surface area contributed by atoms with Crippen LogP contribution in [-0.2, 0) is 17.1 Å². The summed E-state index contributed by atoms with van der Waals surface area (Å²) in [6.45, 7) is 0. The second kappa shape index (κ2) is 7.05. The molecule has 0 unspecified atom stereocenters. The van der Waals surface area contributed by atoms with E-state index in [2.05, 4.69) is 36.4 Å². The molecule has 0 saturated carbocycles. The number of hydrogen-bond acceptors (Lipinski definition) is 0. The van der Waals surface area contributed by atoms with Crippen molar-refractivity contribution in [2.45, 2.75) is 6.42 Å². The molecule has 0 heterocycles.